The number of carbonyl (C=O) groups excluding carboxylic acids is 1. The Bertz CT molecular complexity index is 391. The Morgan fingerprint density at radius 3 is 2.52 bits per heavy atom. The van der Waals surface area contributed by atoms with Crippen LogP contribution in [0.3, 0.4) is 0 Å². The molecule has 0 aromatic carbocycles. The second-order valence-electron chi connectivity index (χ2n) is 5.16. The van der Waals surface area contributed by atoms with Gasteiger partial charge < -0.3 is 20.8 Å². The average Bonchev–Trinajstić information content (AvgIpc) is 2.84. The number of carboxylic acids is 2. The van der Waals surface area contributed by atoms with Gasteiger partial charge in [0, 0.05) is 17.7 Å². The van der Waals surface area contributed by atoms with E-state index in [0.717, 1.165) is 19.3 Å². The molecule has 1 aliphatic rings. The molecule has 0 radical (unpaired) electrons. The summed E-state index contributed by atoms with van der Waals surface area (Å²) in [4.78, 5) is 33.3. The monoisotopic (exact) mass is 318 g/mol. The van der Waals surface area contributed by atoms with E-state index in [1.54, 1.807) is 11.8 Å². The Hall–Kier alpha value is -1.44. The zero-order valence-corrected chi connectivity index (χ0v) is 12.8. The molecule has 1 rings (SSSR count). The summed E-state index contributed by atoms with van der Waals surface area (Å²) in [6.07, 6.45) is 5.09. The van der Waals surface area contributed by atoms with E-state index in [2.05, 4.69) is 10.6 Å². The van der Waals surface area contributed by atoms with Crippen LogP contribution in [-0.2, 0) is 9.59 Å². The summed E-state index contributed by atoms with van der Waals surface area (Å²) < 4.78 is 0. The van der Waals surface area contributed by atoms with E-state index in [-0.39, 0.29) is 25.3 Å². The molecule has 8 heteroatoms. The third-order valence-electron chi connectivity index (χ3n) is 3.54. The van der Waals surface area contributed by atoms with Gasteiger partial charge in [0.2, 0.25) is 0 Å². The molecule has 0 spiro atoms. The Balaban J connectivity index is 2.35. The number of carboxylic acid groups (broad SMARTS) is 2. The molecule has 0 aromatic heterocycles. The molecule has 1 fully saturated rings. The molecule has 2 unspecified atom stereocenters. The lowest BCUT2D eigenvalue weighted by Gasteiger charge is -2.18. The van der Waals surface area contributed by atoms with Crippen LogP contribution in [0.15, 0.2) is 0 Å². The zero-order chi connectivity index (χ0) is 15.8. The fourth-order valence-electron chi connectivity index (χ4n) is 2.39. The molecule has 0 aliphatic heterocycles. The largest absolute Gasteiger partial charge is 0.481 e. The Morgan fingerprint density at radius 2 is 2.00 bits per heavy atom. The van der Waals surface area contributed by atoms with E-state index in [1.165, 1.54) is 0 Å². The first kappa shape index (κ1) is 17.6. The van der Waals surface area contributed by atoms with Gasteiger partial charge in [-0.2, -0.15) is 11.8 Å². The molecule has 7 nitrogen and oxygen atoms in total. The van der Waals surface area contributed by atoms with Crippen LogP contribution in [0, 0.1) is 0 Å². The molecule has 21 heavy (non-hydrogen) atoms. The van der Waals surface area contributed by atoms with E-state index >= 15 is 0 Å². The maximum absolute atomic E-state index is 11.8. The van der Waals surface area contributed by atoms with Crippen molar-refractivity contribution in [3.05, 3.63) is 0 Å². The first-order chi connectivity index (χ1) is 9.92. The number of carbonyl (C=O) groups is 3. The van der Waals surface area contributed by atoms with Gasteiger partial charge in [0.15, 0.2) is 0 Å². The minimum absolute atomic E-state index is 0.0796. The fraction of sp³-hybridized carbons (Fsp3) is 0.769. The van der Waals surface area contributed by atoms with Crippen molar-refractivity contribution in [3.8, 4) is 0 Å². The van der Waals surface area contributed by atoms with Crippen LogP contribution in [0.1, 0.15) is 38.5 Å². The van der Waals surface area contributed by atoms with Crippen LogP contribution in [0.2, 0.25) is 0 Å². The van der Waals surface area contributed by atoms with E-state index in [0.29, 0.717) is 5.25 Å². The summed E-state index contributed by atoms with van der Waals surface area (Å²) in [5, 5.41) is 23.3. The highest BCUT2D eigenvalue weighted by Crippen LogP contribution is 2.27. The third-order valence-corrected chi connectivity index (χ3v) is 4.63. The lowest BCUT2D eigenvalue weighted by Crippen LogP contribution is -2.48. The fourth-order valence-corrected chi connectivity index (χ4v) is 3.18. The first-order valence-electron chi connectivity index (χ1n) is 6.96. The van der Waals surface area contributed by atoms with Gasteiger partial charge in [-0.15, -0.1) is 0 Å². The molecule has 0 heterocycles. The van der Waals surface area contributed by atoms with Crippen LogP contribution >= 0.6 is 11.8 Å². The van der Waals surface area contributed by atoms with E-state index in [1.807, 2.05) is 6.26 Å². The average molecular weight is 318 g/mol. The summed E-state index contributed by atoms with van der Waals surface area (Å²) in [5.41, 5.74) is 0. The third kappa shape index (κ3) is 6.70. The molecule has 0 bridgehead atoms. The summed E-state index contributed by atoms with van der Waals surface area (Å²) >= 11 is 1.77. The van der Waals surface area contributed by atoms with Gasteiger partial charge in [0.1, 0.15) is 6.04 Å². The quantitative estimate of drug-likeness (QED) is 0.536. The van der Waals surface area contributed by atoms with Crippen LogP contribution in [0.25, 0.3) is 0 Å². The van der Waals surface area contributed by atoms with E-state index in [9.17, 15) is 14.4 Å². The minimum atomic E-state index is -1.15. The van der Waals surface area contributed by atoms with Gasteiger partial charge in [0.05, 0.1) is 0 Å². The van der Waals surface area contributed by atoms with E-state index < -0.39 is 24.0 Å². The van der Waals surface area contributed by atoms with Crippen molar-refractivity contribution >= 4 is 29.7 Å². The van der Waals surface area contributed by atoms with Gasteiger partial charge in [-0.1, -0.05) is 0 Å². The Kier molecular flexibility index (Phi) is 7.35. The summed E-state index contributed by atoms with van der Waals surface area (Å²) in [6.45, 7) is 0. The second-order valence-corrected chi connectivity index (χ2v) is 6.30. The first-order valence-corrected chi connectivity index (χ1v) is 8.25. The SMILES string of the molecule is CSC1CCC(NC(=O)N[C@H](CCCC(=O)O)C(=O)O)C1. The van der Waals surface area contributed by atoms with Crippen LogP contribution in [0.4, 0.5) is 4.79 Å². The number of hydrogen-bond acceptors (Lipinski definition) is 4. The van der Waals surface area contributed by atoms with E-state index in [4.69, 9.17) is 10.2 Å². The predicted molar refractivity (Wildman–Crippen MR) is 79.5 cm³/mol. The molecule has 2 amide bonds. The molecule has 120 valence electrons. The molecule has 1 aliphatic carbocycles. The molecule has 0 aromatic rings. The van der Waals surface area contributed by atoms with Crippen LogP contribution < -0.4 is 10.6 Å². The van der Waals surface area contributed by atoms with Crippen molar-refractivity contribution in [2.24, 2.45) is 0 Å². The molecule has 0 saturated heterocycles. The maximum atomic E-state index is 11.8. The van der Waals surface area contributed by atoms with Crippen molar-refractivity contribution in [2.45, 2.75) is 55.9 Å². The van der Waals surface area contributed by atoms with Crippen LogP contribution in [-0.4, -0.2) is 51.8 Å². The summed E-state index contributed by atoms with van der Waals surface area (Å²) in [5.74, 6) is -2.12. The van der Waals surface area contributed by atoms with Crippen molar-refractivity contribution in [3.63, 3.8) is 0 Å². The highest BCUT2D eigenvalue weighted by molar-refractivity contribution is 7.99. The summed E-state index contributed by atoms with van der Waals surface area (Å²) in [7, 11) is 0. The number of rotatable bonds is 8. The van der Waals surface area contributed by atoms with Crippen molar-refractivity contribution < 1.29 is 24.6 Å². The molecule has 4 N–H and O–H groups in total. The van der Waals surface area contributed by atoms with Gasteiger partial charge in [-0.25, -0.2) is 9.59 Å². The number of urea groups is 1. The van der Waals surface area contributed by atoms with Crippen molar-refractivity contribution in [2.75, 3.05) is 6.26 Å². The summed E-state index contributed by atoms with van der Waals surface area (Å²) in [6, 6.07) is -1.47. The number of hydrogen-bond donors (Lipinski definition) is 4. The number of nitrogens with one attached hydrogen (secondary N) is 2. The van der Waals surface area contributed by atoms with Crippen molar-refractivity contribution in [1.29, 1.82) is 0 Å². The van der Waals surface area contributed by atoms with Crippen LogP contribution in [0.5, 0.6) is 0 Å². The zero-order valence-electron chi connectivity index (χ0n) is 12.0. The van der Waals surface area contributed by atoms with Gasteiger partial charge in [-0.3, -0.25) is 4.79 Å². The number of thioether (sulfide) groups is 1. The van der Waals surface area contributed by atoms with Crippen molar-refractivity contribution in [1.82, 2.24) is 10.6 Å². The highest BCUT2D eigenvalue weighted by Gasteiger charge is 2.26. The second kappa shape index (κ2) is 8.76. The number of aliphatic carboxylic acids is 2. The molecule has 1 saturated carbocycles. The lowest BCUT2D eigenvalue weighted by atomic mass is 10.1. The van der Waals surface area contributed by atoms with Gasteiger partial charge in [-0.05, 0) is 38.4 Å². The maximum Gasteiger partial charge on any atom is 0.326 e. The highest BCUT2D eigenvalue weighted by atomic mass is 32.2. The Labute approximate surface area is 127 Å². The Morgan fingerprint density at radius 1 is 1.29 bits per heavy atom. The normalized spacial score (nSPS) is 22.5. The standard InChI is InChI=1S/C13H22N2O5S/c1-21-9-6-5-8(7-9)14-13(20)15-10(12(18)19)3-2-4-11(16)17/h8-10H,2-7H2,1H3,(H,16,17)(H,18,19)(H2,14,15,20)/t8?,9?,10-/m1/s1. The molecular formula is C13H22N2O5S. The lowest BCUT2D eigenvalue weighted by molar-refractivity contribution is -0.140. The number of amides is 2. The van der Waals surface area contributed by atoms with Gasteiger partial charge in [0.25, 0.3) is 0 Å². The molecule has 3 atom stereocenters. The topological polar surface area (TPSA) is 116 Å². The predicted octanol–water partition coefficient (Wildman–Crippen LogP) is 1.28. The van der Waals surface area contributed by atoms with Gasteiger partial charge >= 0.3 is 18.0 Å². The minimum Gasteiger partial charge on any atom is -0.481 e. The molecular weight excluding hydrogens is 296 g/mol. The smallest absolute Gasteiger partial charge is 0.326 e.